The van der Waals surface area contributed by atoms with Crippen molar-refractivity contribution >= 4 is 5.78 Å². The third-order valence-corrected chi connectivity index (χ3v) is 4.90. The highest BCUT2D eigenvalue weighted by atomic mass is 16.5. The van der Waals surface area contributed by atoms with Gasteiger partial charge in [-0.1, -0.05) is 17.3 Å². The van der Waals surface area contributed by atoms with Gasteiger partial charge in [-0.05, 0) is 42.9 Å². The molecule has 0 fully saturated rings. The van der Waals surface area contributed by atoms with Gasteiger partial charge in [-0.15, -0.1) is 0 Å². The number of benzene rings is 1. The number of methoxy groups -OCH3 is 1. The zero-order valence-electron chi connectivity index (χ0n) is 14.8. The molecule has 0 amide bonds. The molecule has 0 radical (unpaired) electrons. The number of Topliss-reactive ketones (excluding diaryl/α,β-unsaturated/α-hetero) is 1. The molecule has 1 aliphatic rings. The third kappa shape index (κ3) is 3.06. The van der Waals surface area contributed by atoms with Gasteiger partial charge in [0.25, 0.3) is 5.89 Å². The summed E-state index contributed by atoms with van der Waals surface area (Å²) in [6.07, 6.45) is 4.05. The number of carbonyl (C=O) groups is 1. The number of nitrogens with one attached hydrogen (secondary N) is 1. The Hall–Kier alpha value is -2.80. The molecule has 0 aliphatic heterocycles. The van der Waals surface area contributed by atoms with Gasteiger partial charge in [0.15, 0.2) is 5.78 Å². The molecule has 1 aliphatic carbocycles. The van der Waals surface area contributed by atoms with Gasteiger partial charge < -0.3 is 9.26 Å². The molecule has 1 aromatic carbocycles. The van der Waals surface area contributed by atoms with E-state index in [9.17, 15) is 4.79 Å². The van der Waals surface area contributed by atoms with Crippen LogP contribution in [-0.4, -0.2) is 33.2 Å². The van der Waals surface area contributed by atoms with Crippen LogP contribution in [0.4, 0.5) is 0 Å². The number of aromatic amines is 1. The molecule has 26 heavy (non-hydrogen) atoms. The lowest BCUT2D eigenvalue weighted by Gasteiger charge is -2.11. The first-order valence-corrected chi connectivity index (χ1v) is 8.63. The Morgan fingerprint density at radius 3 is 3.08 bits per heavy atom. The first-order valence-electron chi connectivity index (χ1n) is 8.63. The molecule has 1 atom stereocenters. The van der Waals surface area contributed by atoms with E-state index in [2.05, 4.69) is 32.5 Å². The first kappa shape index (κ1) is 16.7. The van der Waals surface area contributed by atoms with Gasteiger partial charge in [-0.25, -0.2) is 0 Å². The molecule has 7 heteroatoms. The van der Waals surface area contributed by atoms with E-state index >= 15 is 0 Å². The Labute approximate surface area is 150 Å². The topological polar surface area (TPSA) is 93.9 Å². The van der Waals surface area contributed by atoms with Crippen LogP contribution >= 0.6 is 0 Å². The molecular formula is C19H20N4O3. The number of rotatable bonds is 6. The maximum atomic E-state index is 12.5. The number of ether oxygens (including phenoxy) is 1. The van der Waals surface area contributed by atoms with Crippen LogP contribution in [0.15, 0.2) is 28.9 Å². The fourth-order valence-corrected chi connectivity index (χ4v) is 3.58. The molecule has 2 heterocycles. The van der Waals surface area contributed by atoms with Crippen molar-refractivity contribution in [3.05, 3.63) is 52.7 Å². The van der Waals surface area contributed by atoms with Crippen molar-refractivity contribution in [2.75, 3.05) is 7.11 Å². The van der Waals surface area contributed by atoms with Gasteiger partial charge in [0.2, 0.25) is 5.82 Å². The summed E-state index contributed by atoms with van der Waals surface area (Å²) in [6, 6.07) is 6.18. The zero-order valence-corrected chi connectivity index (χ0v) is 14.8. The molecule has 2 aromatic heterocycles. The fourth-order valence-electron chi connectivity index (χ4n) is 3.58. The Kier molecular flexibility index (Phi) is 4.38. The molecule has 0 saturated heterocycles. The number of hydrogen-bond donors (Lipinski definition) is 1. The minimum Gasteiger partial charge on any atom is -0.375 e. The number of hydrogen-bond acceptors (Lipinski definition) is 6. The molecular weight excluding hydrogens is 332 g/mol. The van der Waals surface area contributed by atoms with E-state index in [4.69, 9.17) is 9.26 Å². The lowest BCUT2D eigenvalue weighted by atomic mass is 9.93. The molecule has 0 unspecified atom stereocenters. The predicted octanol–water partition coefficient (Wildman–Crippen LogP) is 3.22. The summed E-state index contributed by atoms with van der Waals surface area (Å²) in [5.41, 5.74) is 4.93. The summed E-state index contributed by atoms with van der Waals surface area (Å²) in [5.74, 6) is 1.41. The zero-order chi connectivity index (χ0) is 18.1. The number of carbonyl (C=O) groups excluding carboxylic acids is 1. The summed E-state index contributed by atoms with van der Waals surface area (Å²) in [4.78, 5) is 16.9. The first-order chi connectivity index (χ1) is 12.7. The molecule has 3 aromatic rings. The number of aryl methyl sites for hydroxylation is 2. The van der Waals surface area contributed by atoms with Gasteiger partial charge in [0.05, 0.1) is 11.8 Å². The second-order valence-corrected chi connectivity index (χ2v) is 6.63. The summed E-state index contributed by atoms with van der Waals surface area (Å²) >= 11 is 0. The van der Waals surface area contributed by atoms with Gasteiger partial charge in [-0.3, -0.25) is 9.89 Å². The normalized spacial score (nSPS) is 16.0. The van der Waals surface area contributed by atoms with Crippen LogP contribution in [0.25, 0.3) is 11.4 Å². The highest BCUT2D eigenvalue weighted by Crippen LogP contribution is 2.38. The Balaban J connectivity index is 1.52. The predicted molar refractivity (Wildman–Crippen MR) is 93.8 cm³/mol. The number of nitrogens with zero attached hydrogens (tertiary/aromatic N) is 3. The maximum Gasteiger partial charge on any atom is 0.252 e. The summed E-state index contributed by atoms with van der Waals surface area (Å²) < 4.78 is 10.2. The lowest BCUT2D eigenvalue weighted by Crippen LogP contribution is -2.06. The molecule has 134 valence electrons. The van der Waals surface area contributed by atoms with E-state index in [1.807, 2.05) is 13.0 Å². The van der Waals surface area contributed by atoms with Crippen LogP contribution in [-0.2, 0) is 17.8 Å². The van der Waals surface area contributed by atoms with E-state index in [1.54, 1.807) is 13.3 Å². The second kappa shape index (κ2) is 6.84. The van der Waals surface area contributed by atoms with Crippen LogP contribution in [0, 0.1) is 6.92 Å². The van der Waals surface area contributed by atoms with Crippen molar-refractivity contribution in [1.29, 1.82) is 0 Å². The van der Waals surface area contributed by atoms with E-state index in [-0.39, 0.29) is 11.7 Å². The van der Waals surface area contributed by atoms with Crippen molar-refractivity contribution in [2.24, 2.45) is 0 Å². The lowest BCUT2D eigenvalue weighted by molar-refractivity contribution is 0.0973. The highest BCUT2D eigenvalue weighted by molar-refractivity contribution is 5.97. The standard InChI is InChI=1S/C19H20N4O3/c1-11-16(9-20-22-11)17(24)8-13-4-3-12-7-14(5-6-15(12)13)19-21-18(10-25-2)26-23-19/h5-7,9,13H,3-4,8,10H2,1-2H3,(H,20,22)/t13-/m0/s1. The second-order valence-electron chi connectivity index (χ2n) is 6.63. The van der Waals surface area contributed by atoms with Gasteiger partial charge >= 0.3 is 0 Å². The van der Waals surface area contributed by atoms with Crippen LogP contribution in [0.5, 0.6) is 0 Å². The number of H-pyrrole nitrogens is 1. The molecule has 1 N–H and O–H groups in total. The maximum absolute atomic E-state index is 12.5. The molecule has 7 nitrogen and oxygen atoms in total. The minimum absolute atomic E-state index is 0.139. The van der Waals surface area contributed by atoms with Gasteiger partial charge in [0, 0.05) is 24.8 Å². The molecule has 4 rings (SSSR count). The van der Waals surface area contributed by atoms with Gasteiger partial charge in [-0.2, -0.15) is 10.1 Å². The number of fused-ring (bicyclic) bond motifs is 1. The fraction of sp³-hybridized carbons (Fsp3) is 0.368. The van der Waals surface area contributed by atoms with Crippen molar-refractivity contribution in [3.8, 4) is 11.4 Å². The average molecular weight is 352 g/mol. The summed E-state index contributed by atoms with van der Waals surface area (Å²) in [6.45, 7) is 2.17. The van der Waals surface area contributed by atoms with Crippen molar-refractivity contribution in [2.45, 2.75) is 38.7 Å². The Morgan fingerprint density at radius 2 is 2.31 bits per heavy atom. The third-order valence-electron chi connectivity index (χ3n) is 4.90. The van der Waals surface area contributed by atoms with Gasteiger partial charge in [0.1, 0.15) is 6.61 Å². The van der Waals surface area contributed by atoms with E-state index < -0.39 is 0 Å². The summed E-state index contributed by atoms with van der Waals surface area (Å²) in [7, 11) is 1.59. The van der Waals surface area contributed by atoms with Crippen molar-refractivity contribution in [1.82, 2.24) is 20.3 Å². The smallest absolute Gasteiger partial charge is 0.252 e. The van der Waals surface area contributed by atoms with Crippen molar-refractivity contribution in [3.63, 3.8) is 0 Å². The Morgan fingerprint density at radius 1 is 1.42 bits per heavy atom. The van der Waals surface area contributed by atoms with Crippen LogP contribution in [0.3, 0.4) is 0 Å². The number of aromatic nitrogens is 4. The molecule has 0 bridgehead atoms. The SMILES string of the molecule is COCc1nc(-c2ccc3c(c2)CC[C@H]3CC(=O)c2cn[nH]c2C)no1. The Bertz CT molecular complexity index is 944. The minimum atomic E-state index is 0.139. The highest BCUT2D eigenvalue weighted by Gasteiger charge is 2.26. The largest absolute Gasteiger partial charge is 0.375 e. The monoisotopic (exact) mass is 352 g/mol. The average Bonchev–Trinajstić information content (AvgIpc) is 3.35. The summed E-state index contributed by atoms with van der Waals surface area (Å²) in [5, 5.41) is 10.8. The molecule has 0 saturated carbocycles. The number of ketones is 1. The molecule has 0 spiro atoms. The van der Waals surface area contributed by atoms with E-state index in [0.29, 0.717) is 30.3 Å². The van der Waals surface area contributed by atoms with Crippen LogP contribution in [0.1, 0.15) is 51.8 Å². The van der Waals surface area contributed by atoms with E-state index in [1.165, 1.54) is 11.1 Å². The van der Waals surface area contributed by atoms with Crippen molar-refractivity contribution < 1.29 is 14.1 Å². The quantitative estimate of drug-likeness (QED) is 0.685. The van der Waals surface area contributed by atoms with Crippen LogP contribution in [0.2, 0.25) is 0 Å². The van der Waals surface area contributed by atoms with Crippen LogP contribution < -0.4 is 0 Å². The van der Waals surface area contributed by atoms with E-state index in [0.717, 1.165) is 24.1 Å².